The molecule has 0 radical (unpaired) electrons. The molecule has 0 amide bonds. The molecular formula is C12H11NO3. The fourth-order valence-corrected chi connectivity index (χ4v) is 0.978. The van der Waals surface area contributed by atoms with E-state index in [-0.39, 0.29) is 5.69 Å². The topological polar surface area (TPSA) is 63.4 Å². The molecule has 0 aliphatic heterocycles. The molecule has 0 saturated carbocycles. The van der Waals surface area contributed by atoms with E-state index in [0.717, 1.165) is 0 Å². The Labute approximate surface area is 92.9 Å². The van der Waals surface area contributed by atoms with Gasteiger partial charge in [0.25, 0.3) is 5.69 Å². The van der Waals surface area contributed by atoms with E-state index in [2.05, 4.69) is 0 Å². The molecule has 4 nitrogen and oxygen atoms in total. The average molecular weight is 217 g/mol. The Hall–Kier alpha value is -2.36. The van der Waals surface area contributed by atoms with E-state index < -0.39 is 4.92 Å². The quantitative estimate of drug-likeness (QED) is 0.590. The van der Waals surface area contributed by atoms with E-state index in [4.69, 9.17) is 5.11 Å². The maximum atomic E-state index is 10.0. The third-order valence-corrected chi connectivity index (χ3v) is 1.72. The Bertz CT molecular complexity index is 429. The molecule has 0 bridgehead atoms. The molecule has 2 aromatic carbocycles. The number of hydrogen-bond donors (Lipinski definition) is 1. The minimum Gasteiger partial charge on any atom is -0.508 e. The van der Waals surface area contributed by atoms with Gasteiger partial charge in [0.15, 0.2) is 0 Å². The highest BCUT2D eigenvalue weighted by atomic mass is 16.6. The number of para-hydroxylation sites is 2. The Morgan fingerprint density at radius 3 is 1.56 bits per heavy atom. The zero-order chi connectivity index (χ0) is 11.8. The normalized spacial score (nSPS) is 8.75. The van der Waals surface area contributed by atoms with Crippen molar-refractivity contribution in [3.8, 4) is 5.75 Å². The van der Waals surface area contributed by atoms with Crippen molar-refractivity contribution in [3.05, 3.63) is 70.8 Å². The van der Waals surface area contributed by atoms with E-state index in [9.17, 15) is 10.1 Å². The summed E-state index contributed by atoms with van der Waals surface area (Å²) in [5, 5.41) is 18.6. The zero-order valence-corrected chi connectivity index (χ0v) is 8.48. The van der Waals surface area contributed by atoms with Gasteiger partial charge in [-0.3, -0.25) is 10.1 Å². The number of phenols is 1. The highest BCUT2D eigenvalue weighted by Crippen LogP contribution is 2.06. The molecule has 82 valence electrons. The number of non-ortho nitro benzene ring substituents is 1. The molecule has 0 saturated heterocycles. The second-order valence-corrected chi connectivity index (χ2v) is 2.93. The molecule has 2 rings (SSSR count). The van der Waals surface area contributed by atoms with Crippen LogP contribution in [0.2, 0.25) is 0 Å². The van der Waals surface area contributed by atoms with Crippen LogP contribution in [0.3, 0.4) is 0 Å². The summed E-state index contributed by atoms with van der Waals surface area (Å²) >= 11 is 0. The van der Waals surface area contributed by atoms with Crippen LogP contribution >= 0.6 is 0 Å². The molecule has 4 heteroatoms. The van der Waals surface area contributed by atoms with Crippen LogP contribution in [0.15, 0.2) is 60.7 Å². The van der Waals surface area contributed by atoms with Crippen molar-refractivity contribution in [3.63, 3.8) is 0 Å². The number of nitro groups is 1. The molecular weight excluding hydrogens is 206 g/mol. The summed E-state index contributed by atoms with van der Waals surface area (Å²) in [5.74, 6) is 0.322. The molecule has 0 atom stereocenters. The molecule has 16 heavy (non-hydrogen) atoms. The monoisotopic (exact) mass is 217 g/mol. The van der Waals surface area contributed by atoms with Crippen molar-refractivity contribution in [2.45, 2.75) is 0 Å². The van der Waals surface area contributed by atoms with Gasteiger partial charge in [0.1, 0.15) is 5.75 Å². The number of rotatable bonds is 1. The molecule has 0 spiro atoms. The van der Waals surface area contributed by atoms with Crippen LogP contribution < -0.4 is 0 Å². The first-order valence-corrected chi connectivity index (χ1v) is 4.63. The summed E-state index contributed by atoms with van der Waals surface area (Å²) < 4.78 is 0. The van der Waals surface area contributed by atoms with Crippen LogP contribution in [-0.4, -0.2) is 10.0 Å². The molecule has 2 aromatic rings. The summed E-state index contributed by atoms with van der Waals surface area (Å²) in [6, 6.07) is 16.6. The fourth-order valence-electron chi connectivity index (χ4n) is 0.978. The molecule has 0 aromatic heterocycles. The minimum absolute atomic E-state index is 0.137. The first-order chi connectivity index (χ1) is 7.70. The lowest BCUT2D eigenvalue weighted by Crippen LogP contribution is -1.84. The predicted octanol–water partition coefficient (Wildman–Crippen LogP) is 2.99. The number of nitro benzene ring substituents is 1. The van der Waals surface area contributed by atoms with E-state index in [1.165, 1.54) is 12.1 Å². The standard InChI is InChI=1S/C6H5NO2.C6H6O/c8-7(9)6-4-2-1-3-5-6;7-6-4-2-1-3-5-6/h1-5H;1-5,7H. The first-order valence-electron chi connectivity index (χ1n) is 4.63. The van der Waals surface area contributed by atoms with Gasteiger partial charge in [0.2, 0.25) is 0 Å². The Kier molecular flexibility index (Phi) is 4.53. The van der Waals surface area contributed by atoms with Crippen molar-refractivity contribution in [1.29, 1.82) is 0 Å². The summed E-state index contributed by atoms with van der Waals surface area (Å²) in [5.41, 5.74) is 0.137. The molecule has 0 unspecified atom stereocenters. The van der Waals surface area contributed by atoms with Crippen molar-refractivity contribution >= 4 is 5.69 Å². The number of nitrogens with zero attached hydrogens (tertiary/aromatic N) is 1. The Morgan fingerprint density at radius 1 is 0.875 bits per heavy atom. The van der Waals surface area contributed by atoms with Crippen LogP contribution in [0, 0.1) is 10.1 Å². The fraction of sp³-hybridized carbons (Fsp3) is 0. The maximum absolute atomic E-state index is 10.0. The predicted molar refractivity (Wildman–Crippen MR) is 61.2 cm³/mol. The van der Waals surface area contributed by atoms with Gasteiger partial charge < -0.3 is 5.11 Å². The molecule has 0 heterocycles. The van der Waals surface area contributed by atoms with Gasteiger partial charge in [-0.1, -0.05) is 36.4 Å². The van der Waals surface area contributed by atoms with E-state index >= 15 is 0 Å². The van der Waals surface area contributed by atoms with E-state index in [1.54, 1.807) is 42.5 Å². The zero-order valence-electron chi connectivity index (χ0n) is 8.48. The van der Waals surface area contributed by atoms with Crippen LogP contribution in [0.25, 0.3) is 0 Å². The number of aromatic hydroxyl groups is 1. The minimum atomic E-state index is -0.417. The third-order valence-electron chi connectivity index (χ3n) is 1.72. The van der Waals surface area contributed by atoms with Crippen molar-refractivity contribution < 1.29 is 10.0 Å². The lowest BCUT2D eigenvalue weighted by molar-refractivity contribution is -0.384. The summed E-state index contributed by atoms with van der Waals surface area (Å²) in [6.07, 6.45) is 0. The Morgan fingerprint density at radius 2 is 1.31 bits per heavy atom. The van der Waals surface area contributed by atoms with Crippen molar-refractivity contribution in [1.82, 2.24) is 0 Å². The second-order valence-electron chi connectivity index (χ2n) is 2.93. The summed E-state index contributed by atoms with van der Waals surface area (Å²) in [4.78, 5) is 9.59. The smallest absolute Gasteiger partial charge is 0.269 e. The molecule has 0 aliphatic rings. The van der Waals surface area contributed by atoms with Gasteiger partial charge in [-0.15, -0.1) is 0 Å². The first kappa shape index (κ1) is 11.7. The number of phenolic OH excluding ortho intramolecular Hbond substituents is 1. The van der Waals surface area contributed by atoms with Crippen LogP contribution in [-0.2, 0) is 0 Å². The lowest BCUT2D eigenvalue weighted by Gasteiger charge is -1.85. The van der Waals surface area contributed by atoms with Crippen molar-refractivity contribution in [2.75, 3.05) is 0 Å². The van der Waals surface area contributed by atoms with Gasteiger partial charge >= 0.3 is 0 Å². The number of hydrogen-bond acceptors (Lipinski definition) is 3. The van der Waals surface area contributed by atoms with Gasteiger partial charge in [-0.05, 0) is 12.1 Å². The lowest BCUT2D eigenvalue weighted by atomic mass is 10.3. The van der Waals surface area contributed by atoms with Gasteiger partial charge in [-0.2, -0.15) is 0 Å². The van der Waals surface area contributed by atoms with Gasteiger partial charge in [0, 0.05) is 12.1 Å². The largest absolute Gasteiger partial charge is 0.508 e. The van der Waals surface area contributed by atoms with Crippen LogP contribution in [0.1, 0.15) is 0 Å². The summed E-state index contributed by atoms with van der Waals surface area (Å²) in [6.45, 7) is 0. The van der Waals surface area contributed by atoms with Gasteiger partial charge in [0.05, 0.1) is 4.92 Å². The number of benzene rings is 2. The van der Waals surface area contributed by atoms with Crippen LogP contribution in [0.4, 0.5) is 5.69 Å². The van der Waals surface area contributed by atoms with E-state index in [0.29, 0.717) is 5.75 Å². The van der Waals surface area contributed by atoms with E-state index in [1.807, 2.05) is 6.07 Å². The third kappa shape index (κ3) is 4.23. The van der Waals surface area contributed by atoms with Crippen LogP contribution in [0.5, 0.6) is 5.75 Å². The maximum Gasteiger partial charge on any atom is 0.269 e. The van der Waals surface area contributed by atoms with Crippen molar-refractivity contribution in [2.24, 2.45) is 0 Å². The molecule has 0 aliphatic carbocycles. The van der Waals surface area contributed by atoms with Gasteiger partial charge in [-0.25, -0.2) is 0 Å². The SMILES string of the molecule is O=[N+]([O-])c1ccccc1.Oc1ccccc1. The summed E-state index contributed by atoms with van der Waals surface area (Å²) in [7, 11) is 0. The Balaban J connectivity index is 0.000000165. The second kappa shape index (κ2) is 6.19. The average Bonchev–Trinajstić information content (AvgIpc) is 2.32. The highest BCUT2D eigenvalue weighted by molar-refractivity contribution is 5.28. The highest BCUT2D eigenvalue weighted by Gasteiger charge is 1.98. The molecule has 0 fully saturated rings. The molecule has 1 N–H and O–H groups in total.